The zero-order valence-electron chi connectivity index (χ0n) is 9.87. The van der Waals surface area contributed by atoms with Crippen LogP contribution in [0.2, 0.25) is 0 Å². The molecule has 0 spiro atoms. The van der Waals surface area contributed by atoms with Crippen molar-refractivity contribution in [3.05, 3.63) is 42.0 Å². The van der Waals surface area contributed by atoms with Crippen molar-refractivity contribution in [1.82, 2.24) is 14.8 Å². The minimum Gasteiger partial charge on any atom is -0.493 e. The molecular formula is C12H15N3O2. The molecule has 0 amide bonds. The number of pyridine rings is 1. The second-order valence-corrected chi connectivity index (χ2v) is 3.76. The Bertz CT molecular complexity index is 482. The van der Waals surface area contributed by atoms with Crippen LogP contribution in [0.5, 0.6) is 5.75 Å². The third kappa shape index (κ3) is 2.45. The maximum absolute atomic E-state index is 10.2. The number of nitrogens with zero attached hydrogens (tertiary/aromatic N) is 3. The van der Waals surface area contributed by atoms with E-state index in [1.54, 1.807) is 31.2 Å². The number of aromatic nitrogens is 3. The van der Waals surface area contributed by atoms with Crippen molar-refractivity contribution in [3.8, 4) is 5.75 Å². The lowest BCUT2D eigenvalue weighted by atomic mass is 10.1. The lowest BCUT2D eigenvalue weighted by Gasteiger charge is -2.12. The molecule has 0 saturated carbocycles. The minimum atomic E-state index is -0.674. The molecule has 1 N–H and O–H groups in total. The highest BCUT2D eigenvalue weighted by Gasteiger charge is 2.18. The summed E-state index contributed by atoms with van der Waals surface area (Å²) in [5, 5.41) is 14.2. The Morgan fingerprint density at radius 1 is 1.47 bits per heavy atom. The van der Waals surface area contributed by atoms with Gasteiger partial charge in [0, 0.05) is 25.4 Å². The first-order valence-electron chi connectivity index (χ1n) is 5.36. The van der Waals surface area contributed by atoms with E-state index in [0.717, 1.165) is 5.69 Å². The molecule has 0 saturated heterocycles. The predicted molar refractivity (Wildman–Crippen MR) is 62.7 cm³/mol. The predicted octanol–water partition coefficient (Wildman–Crippen LogP) is 1.10. The lowest BCUT2D eigenvalue weighted by molar-refractivity contribution is 0.163. The van der Waals surface area contributed by atoms with E-state index in [9.17, 15) is 5.11 Å². The largest absolute Gasteiger partial charge is 0.493 e. The molecule has 0 aliphatic carbocycles. The second kappa shape index (κ2) is 4.97. The number of aryl methyl sites for hydroxylation is 1. The Labute approximate surface area is 99.7 Å². The van der Waals surface area contributed by atoms with Crippen molar-refractivity contribution in [2.24, 2.45) is 7.05 Å². The van der Waals surface area contributed by atoms with Gasteiger partial charge in [0.25, 0.3) is 0 Å². The standard InChI is InChI=1S/C12H15N3O2/c1-15-12(11(17-2)8-14-15)10(16)7-9-5-3-4-6-13-9/h3-6,8,10,16H,7H2,1-2H3. The Kier molecular flexibility index (Phi) is 3.39. The van der Waals surface area contributed by atoms with E-state index in [-0.39, 0.29) is 0 Å². The molecular weight excluding hydrogens is 218 g/mol. The molecule has 0 aromatic carbocycles. The van der Waals surface area contributed by atoms with Crippen molar-refractivity contribution in [3.63, 3.8) is 0 Å². The monoisotopic (exact) mass is 233 g/mol. The van der Waals surface area contributed by atoms with Crippen LogP contribution in [-0.2, 0) is 13.5 Å². The average Bonchev–Trinajstić information content (AvgIpc) is 2.71. The van der Waals surface area contributed by atoms with E-state index in [1.807, 2.05) is 18.2 Å². The van der Waals surface area contributed by atoms with Crippen LogP contribution in [0.4, 0.5) is 0 Å². The highest BCUT2D eigenvalue weighted by molar-refractivity contribution is 5.28. The smallest absolute Gasteiger partial charge is 0.162 e. The number of rotatable bonds is 4. The lowest BCUT2D eigenvalue weighted by Crippen LogP contribution is -2.10. The van der Waals surface area contributed by atoms with Gasteiger partial charge in [-0.3, -0.25) is 9.67 Å². The van der Waals surface area contributed by atoms with Crippen LogP contribution in [0.1, 0.15) is 17.5 Å². The SMILES string of the molecule is COc1cnn(C)c1C(O)Cc1ccccn1. The Balaban J connectivity index is 2.20. The number of aliphatic hydroxyl groups is 1. The summed E-state index contributed by atoms with van der Waals surface area (Å²) in [6.45, 7) is 0. The molecule has 1 atom stereocenters. The zero-order chi connectivity index (χ0) is 12.3. The fraction of sp³-hybridized carbons (Fsp3) is 0.333. The fourth-order valence-corrected chi connectivity index (χ4v) is 1.78. The quantitative estimate of drug-likeness (QED) is 0.859. The highest BCUT2D eigenvalue weighted by atomic mass is 16.5. The van der Waals surface area contributed by atoms with E-state index >= 15 is 0 Å². The van der Waals surface area contributed by atoms with Crippen molar-refractivity contribution in [2.45, 2.75) is 12.5 Å². The number of hydrogen-bond donors (Lipinski definition) is 1. The molecule has 5 heteroatoms. The number of methoxy groups -OCH3 is 1. The number of hydrogen-bond acceptors (Lipinski definition) is 4. The molecule has 2 rings (SSSR count). The Hall–Kier alpha value is -1.88. The normalized spacial score (nSPS) is 12.4. The van der Waals surface area contributed by atoms with Gasteiger partial charge in [-0.1, -0.05) is 6.07 Å². The first kappa shape index (κ1) is 11.6. The average molecular weight is 233 g/mol. The van der Waals surface area contributed by atoms with E-state index in [0.29, 0.717) is 17.9 Å². The molecule has 5 nitrogen and oxygen atoms in total. The van der Waals surface area contributed by atoms with Crippen LogP contribution >= 0.6 is 0 Å². The van der Waals surface area contributed by atoms with Crippen molar-refractivity contribution < 1.29 is 9.84 Å². The van der Waals surface area contributed by atoms with Gasteiger partial charge in [-0.15, -0.1) is 0 Å². The fourth-order valence-electron chi connectivity index (χ4n) is 1.78. The van der Waals surface area contributed by atoms with Crippen LogP contribution in [0, 0.1) is 0 Å². The van der Waals surface area contributed by atoms with E-state index in [4.69, 9.17) is 4.74 Å². The third-order valence-electron chi connectivity index (χ3n) is 2.61. The van der Waals surface area contributed by atoms with Gasteiger partial charge in [0.1, 0.15) is 11.8 Å². The van der Waals surface area contributed by atoms with Gasteiger partial charge in [-0.25, -0.2) is 0 Å². The molecule has 0 aliphatic rings. The summed E-state index contributed by atoms with van der Waals surface area (Å²) in [6, 6.07) is 5.63. The molecule has 0 bridgehead atoms. The zero-order valence-corrected chi connectivity index (χ0v) is 9.87. The van der Waals surface area contributed by atoms with Crippen LogP contribution in [0.3, 0.4) is 0 Å². The molecule has 0 fully saturated rings. The van der Waals surface area contributed by atoms with Gasteiger partial charge in [0.2, 0.25) is 0 Å². The summed E-state index contributed by atoms with van der Waals surface area (Å²) in [5.74, 6) is 0.593. The molecule has 1 unspecified atom stereocenters. The summed E-state index contributed by atoms with van der Waals surface area (Å²) < 4.78 is 6.78. The minimum absolute atomic E-state index is 0.441. The van der Waals surface area contributed by atoms with Crippen LogP contribution in [0.25, 0.3) is 0 Å². The van der Waals surface area contributed by atoms with E-state index < -0.39 is 6.10 Å². The number of aliphatic hydroxyl groups excluding tert-OH is 1. The summed E-state index contributed by atoms with van der Waals surface area (Å²) in [5.41, 5.74) is 1.50. The Morgan fingerprint density at radius 3 is 2.94 bits per heavy atom. The van der Waals surface area contributed by atoms with Crippen molar-refractivity contribution in [1.29, 1.82) is 0 Å². The Morgan fingerprint density at radius 2 is 2.29 bits per heavy atom. The van der Waals surface area contributed by atoms with Gasteiger partial charge in [0.15, 0.2) is 5.75 Å². The van der Waals surface area contributed by atoms with Crippen molar-refractivity contribution >= 4 is 0 Å². The molecule has 90 valence electrons. The molecule has 2 aromatic heterocycles. The third-order valence-corrected chi connectivity index (χ3v) is 2.61. The van der Waals surface area contributed by atoms with Gasteiger partial charge in [-0.2, -0.15) is 5.10 Å². The van der Waals surface area contributed by atoms with Crippen LogP contribution in [-0.4, -0.2) is 27.0 Å². The topological polar surface area (TPSA) is 60.2 Å². The first-order chi connectivity index (χ1) is 8.22. The molecule has 2 heterocycles. The first-order valence-corrected chi connectivity index (χ1v) is 5.36. The molecule has 0 radical (unpaired) electrons. The summed E-state index contributed by atoms with van der Waals surface area (Å²) in [4.78, 5) is 4.18. The molecule has 2 aromatic rings. The maximum atomic E-state index is 10.2. The van der Waals surface area contributed by atoms with Crippen LogP contribution < -0.4 is 4.74 Å². The van der Waals surface area contributed by atoms with E-state index in [2.05, 4.69) is 10.1 Å². The summed E-state index contributed by atoms with van der Waals surface area (Å²) in [6.07, 6.45) is 3.07. The van der Waals surface area contributed by atoms with Crippen LogP contribution in [0.15, 0.2) is 30.6 Å². The van der Waals surface area contributed by atoms with Gasteiger partial charge < -0.3 is 9.84 Å². The number of ether oxygens (including phenoxy) is 1. The van der Waals surface area contributed by atoms with Gasteiger partial charge >= 0.3 is 0 Å². The van der Waals surface area contributed by atoms with Gasteiger partial charge in [-0.05, 0) is 12.1 Å². The summed E-state index contributed by atoms with van der Waals surface area (Å²) >= 11 is 0. The second-order valence-electron chi connectivity index (χ2n) is 3.76. The van der Waals surface area contributed by atoms with Gasteiger partial charge in [0.05, 0.1) is 13.3 Å². The summed E-state index contributed by atoms with van der Waals surface area (Å²) in [7, 11) is 3.34. The van der Waals surface area contributed by atoms with E-state index in [1.165, 1.54) is 0 Å². The molecule has 17 heavy (non-hydrogen) atoms. The maximum Gasteiger partial charge on any atom is 0.162 e. The molecule has 0 aliphatic heterocycles. The highest BCUT2D eigenvalue weighted by Crippen LogP contribution is 2.26. The van der Waals surface area contributed by atoms with Crippen molar-refractivity contribution in [2.75, 3.05) is 7.11 Å².